The van der Waals surface area contributed by atoms with Gasteiger partial charge in [-0.05, 0) is 30.3 Å². The topological polar surface area (TPSA) is 82.2 Å². The van der Waals surface area contributed by atoms with Gasteiger partial charge in [-0.3, -0.25) is 4.79 Å². The molecule has 3 N–H and O–H groups in total. The number of nitrogens with one attached hydrogen (secondary N) is 1. The van der Waals surface area contributed by atoms with E-state index in [1.807, 2.05) is 0 Å². The fourth-order valence-corrected chi connectivity index (χ4v) is 1.70. The molecule has 0 fully saturated rings. The van der Waals surface area contributed by atoms with E-state index in [9.17, 15) is 13.6 Å². The molecule has 0 unspecified atom stereocenters. The lowest BCUT2D eigenvalue weighted by Gasteiger charge is -2.13. The monoisotopic (exact) mass is 310 g/mol. The summed E-state index contributed by atoms with van der Waals surface area (Å²) < 4.78 is 32.5. The van der Waals surface area contributed by atoms with Crippen molar-refractivity contribution in [2.75, 3.05) is 20.2 Å². The highest BCUT2D eigenvalue weighted by Gasteiger charge is 2.27. The standard InChI is InChI=1S/C14H16F2N4O2/c1-22-11-4-2-10(3-5-11)20-7-6-12(19-20)13(21)18-9-14(15,16)8-17/h2-7H,8-9,17H2,1H3,(H,18,21). The zero-order chi connectivity index (χ0) is 16.2. The van der Waals surface area contributed by atoms with Crippen LogP contribution >= 0.6 is 0 Å². The lowest BCUT2D eigenvalue weighted by molar-refractivity contribution is 0.0118. The first-order chi connectivity index (χ1) is 10.4. The minimum absolute atomic E-state index is 0.0450. The minimum atomic E-state index is -3.13. The fourth-order valence-electron chi connectivity index (χ4n) is 1.70. The second kappa shape index (κ2) is 6.52. The Morgan fingerprint density at radius 1 is 1.36 bits per heavy atom. The summed E-state index contributed by atoms with van der Waals surface area (Å²) in [4.78, 5) is 11.8. The molecule has 0 spiro atoms. The van der Waals surface area contributed by atoms with Crippen LogP contribution in [0.1, 0.15) is 10.5 Å². The van der Waals surface area contributed by atoms with Crippen LogP contribution in [-0.4, -0.2) is 41.8 Å². The number of hydrogen-bond acceptors (Lipinski definition) is 4. The number of rotatable bonds is 6. The number of halogens is 2. The van der Waals surface area contributed by atoms with Gasteiger partial charge < -0.3 is 15.8 Å². The normalized spacial score (nSPS) is 11.3. The molecule has 0 saturated heterocycles. The molecule has 0 aliphatic rings. The maximum absolute atomic E-state index is 13.0. The van der Waals surface area contributed by atoms with E-state index in [1.54, 1.807) is 37.6 Å². The first-order valence-electron chi connectivity index (χ1n) is 6.51. The molecular formula is C14H16F2N4O2. The zero-order valence-corrected chi connectivity index (χ0v) is 11.9. The second-order valence-corrected chi connectivity index (χ2v) is 4.59. The van der Waals surface area contributed by atoms with Crippen molar-refractivity contribution in [2.24, 2.45) is 5.73 Å². The number of nitrogens with two attached hydrogens (primary N) is 1. The number of benzene rings is 1. The lowest BCUT2D eigenvalue weighted by atomic mass is 10.3. The molecule has 1 aromatic carbocycles. The number of carbonyl (C=O) groups is 1. The highest BCUT2D eigenvalue weighted by atomic mass is 19.3. The molecule has 1 amide bonds. The van der Waals surface area contributed by atoms with Crippen molar-refractivity contribution in [3.63, 3.8) is 0 Å². The Hall–Kier alpha value is -2.48. The summed E-state index contributed by atoms with van der Waals surface area (Å²) in [6.07, 6.45) is 1.57. The van der Waals surface area contributed by atoms with Crippen molar-refractivity contribution in [3.8, 4) is 11.4 Å². The quantitative estimate of drug-likeness (QED) is 0.840. The van der Waals surface area contributed by atoms with Gasteiger partial charge in [0.15, 0.2) is 5.69 Å². The van der Waals surface area contributed by atoms with Gasteiger partial charge in [0.2, 0.25) is 0 Å². The van der Waals surface area contributed by atoms with Crippen LogP contribution in [0.25, 0.3) is 5.69 Å². The number of carbonyl (C=O) groups excluding carboxylic acids is 1. The van der Waals surface area contributed by atoms with Gasteiger partial charge >= 0.3 is 0 Å². The van der Waals surface area contributed by atoms with Gasteiger partial charge in [-0.1, -0.05) is 0 Å². The predicted molar refractivity (Wildman–Crippen MR) is 76.5 cm³/mol. The fraction of sp³-hybridized carbons (Fsp3) is 0.286. The molecule has 8 heteroatoms. The van der Waals surface area contributed by atoms with E-state index in [4.69, 9.17) is 10.5 Å². The molecule has 6 nitrogen and oxygen atoms in total. The van der Waals surface area contributed by atoms with Gasteiger partial charge in [0.1, 0.15) is 5.75 Å². The Labute approximate surface area is 125 Å². The molecule has 118 valence electrons. The molecule has 1 aromatic heterocycles. The summed E-state index contributed by atoms with van der Waals surface area (Å²) in [7, 11) is 1.56. The molecule has 1 heterocycles. The van der Waals surface area contributed by atoms with Crippen LogP contribution in [0.5, 0.6) is 5.75 Å². The van der Waals surface area contributed by atoms with E-state index in [1.165, 1.54) is 10.7 Å². The number of hydrogen-bond donors (Lipinski definition) is 2. The van der Waals surface area contributed by atoms with E-state index in [2.05, 4.69) is 10.4 Å². The van der Waals surface area contributed by atoms with Crippen LogP contribution in [0.15, 0.2) is 36.5 Å². The Balaban J connectivity index is 2.05. The molecular weight excluding hydrogens is 294 g/mol. The van der Waals surface area contributed by atoms with Gasteiger partial charge in [-0.25, -0.2) is 13.5 Å². The number of ether oxygens (including phenoxy) is 1. The van der Waals surface area contributed by atoms with E-state index < -0.39 is 24.9 Å². The van der Waals surface area contributed by atoms with Crippen molar-refractivity contribution < 1.29 is 18.3 Å². The Morgan fingerprint density at radius 3 is 2.64 bits per heavy atom. The van der Waals surface area contributed by atoms with Gasteiger partial charge in [0.05, 0.1) is 25.9 Å². The average molecular weight is 310 g/mol. The summed E-state index contributed by atoms with van der Waals surface area (Å²) in [6, 6.07) is 8.46. The van der Waals surface area contributed by atoms with Gasteiger partial charge in [-0.15, -0.1) is 0 Å². The Morgan fingerprint density at radius 2 is 2.05 bits per heavy atom. The number of methoxy groups -OCH3 is 1. The number of aromatic nitrogens is 2. The molecule has 0 aliphatic carbocycles. The van der Waals surface area contributed by atoms with Crippen molar-refractivity contribution in [1.82, 2.24) is 15.1 Å². The van der Waals surface area contributed by atoms with Gasteiger partial charge in [0.25, 0.3) is 11.8 Å². The van der Waals surface area contributed by atoms with E-state index in [-0.39, 0.29) is 5.69 Å². The second-order valence-electron chi connectivity index (χ2n) is 4.59. The van der Waals surface area contributed by atoms with Crippen LogP contribution in [0.3, 0.4) is 0 Å². The molecule has 2 aromatic rings. The average Bonchev–Trinajstić information content (AvgIpc) is 3.03. The molecule has 0 radical (unpaired) electrons. The van der Waals surface area contributed by atoms with E-state index in [0.717, 1.165) is 0 Å². The first kappa shape index (κ1) is 15.9. The zero-order valence-electron chi connectivity index (χ0n) is 11.9. The van der Waals surface area contributed by atoms with Gasteiger partial charge in [0, 0.05) is 6.20 Å². The third kappa shape index (κ3) is 3.79. The molecule has 2 rings (SSSR count). The third-order valence-electron chi connectivity index (χ3n) is 2.96. The third-order valence-corrected chi connectivity index (χ3v) is 2.96. The predicted octanol–water partition coefficient (Wildman–Crippen LogP) is 1.20. The number of nitrogens with zero attached hydrogens (tertiary/aromatic N) is 2. The summed E-state index contributed by atoms with van der Waals surface area (Å²) in [5.41, 5.74) is 5.66. The van der Waals surface area contributed by atoms with Crippen LogP contribution < -0.4 is 15.8 Å². The smallest absolute Gasteiger partial charge is 0.277 e. The van der Waals surface area contributed by atoms with Crippen molar-refractivity contribution in [2.45, 2.75) is 5.92 Å². The highest BCUT2D eigenvalue weighted by molar-refractivity contribution is 5.92. The summed E-state index contributed by atoms with van der Waals surface area (Å²) in [5.74, 6) is -3.12. The molecule has 0 aliphatic heterocycles. The van der Waals surface area contributed by atoms with Gasteiger partial charge in [-0.2, -0.15) is 5.10 Å². The molecule has 0 atom stereocenters. The van der Waals surface area contributed by atoms with Crippen LogP contribution in [-0.2, 0) is 0 Å². The number of alkyl halides is 2. The summed E-state index contributed by atoms with van der Waals surface area (Å²) in [5, 5.41) is 6.16. The summed E-state index contributed by atoms with van der Waals surface area (Å²) in [6.45, 7) is -1.65. The van der Waals surface area contributed by atoms with Crippen molar-refractivity contribution in [3.05, 3.63) is 42.2 Å². The minimum Gasteiger partial charge on any atom is -0.497 e. The molecule has 0 saturated carbocycles. The lowest BCUT2D eigenvalue weighted by Crippen LogP contribution is -2.41. The molecule has 0 bridgehead atoms. The Kier molecular flexibility index (Phi) is 4.71. The first-order valence-corrected chi connectivity index (χ1v) is 6.51. The maximum atomic E-state index is 13.0. The maximum Gasteiger partial charge on any atom is 0.277 e. The van der Waals surface area contributed by atoms with Crippen LogP contribution in [0, 0.1) is 0 Å². The SMILES string of the molecule is COc1ccc(-n2ccc(C(=O)NCC(F)(F)CN)n2)cc1. The molecule has 22 heavy (non-hydrogen) atoms. The van der Waals surface area contributed by atoms with Crippen molar-refractivity contribution in [1.29, 1.82) is 0 Å². The van der Waals surface area contributed by atoms with E-state index in [0.29, 0.717) is 11.4 Å². The number of amides is 1. The van der Waals surface area contributed by atoms with Crippen LogP contribution in [0.2, 0.25) is 0 Å². The van der Waals surface area contributed by atoms with Crippen molar-refractivity contribution >= 4 is 5.91 Å². The van der Waals surface area contributed by atoms with E-state index >= 15 is 0 Å². The Bertz CT molecular complexity index is 641. The van der Waals surface area contributed by atoms with Crippen LogP contribution in [0.4, 0.5) is 8.78 Å². The highest BCUT2D eigenvalue weighted by Crippen LogP contribution is 2.14. The summed E-state index contributed by atoms with van der Waals surface area (Å²) >= 11 is 0. The largest absolute Gasteiger partial charge is 0.497 e.